The van der Waals surface area contributed by atoms with E-state index in [-0.39, 0.29) is 11.1 Å². The van der Waals surface area contributed by atoms with Gasteiger partial charge in [0.2, 0.25) is 0 Å². The average molecular weight is 556 g/mol. The summed E-state index contributed by atoms with van der Waals surface area (Å²) >= 11 is 5.17. The first-order chi connectivity index (χ1) is 10.8. The fourth-order valence-corrected chi connectivity index (χ4v) is 8.18. The van der Waals surface area contributed by atoms with Gasteiger partial charge in [0.05, 0.1) is 10.9 Å². The van der Waals surface area contributed by atoms with Gasteiger partial charge in [-0.25, -0.2) is 0 Å². The van der Waals surface area contributed by atoms with E-state index < -0.39 is 0 Å². The summed E-state index contributed by atoms with van der Waals surface area (Å²) in [6.45, 7) is 0. The van der Waals surface area contributed by atoms with Crippen LogP contribution in [0.3, 0.4) is 0 Å². The predicted molar refractivity (Wildman–Crippen MR) is 118 cm³/mol. The van der Waals surface area contributed by atoms with Gasteiger partial charge in [-0.15, -0.1) is 0 Å². The molecule has 118 valence electrons. The molecule has 0 amide bonds. The first-order valence-corrected chi connectivity index (χ1v) is 16.1. The van der Waals surface area contributed by atoms with Crippen LogP contribution < -0.4 is 10.9 Å². The third-order valence-electron chi connectivity index (χ3n) is 3.25. The van der Waals surface area contributed by atoms with E-state index in [4.69, 9.17) is 0 Å². The Morgan fingerprint density at radius 3 is 1.50 bits per heavy atom. The van der Waals surface area contributed by atoms with Gasteiger partial charge in [0.1, 0.15) is 0 Å². The van der Waals surface area contributed by atoms with Crippen LogP contribution in [0.4, 0.5) is 0 Å². The molecule has 2 nitrogen and oxygen atoms in total. The predicted octanol–water partition coefficient (Wildman–Crippen LogP) is 5.65. The van der Waals surface area contributed by atoms with Crippen LogP contribution in [0.2, 0.25) is 0 Å². The molecule has 2 heterocycles. The number of hydrogen-bond donors (Lipinski definition) is 0. The highest BCUT2D eigenvalue weighted by atomic mass is 127. The number of nitrogens with zero attached hydrogens (tertiary/aromatic N) is 2. The second-order valence-corrected chi connectivity index (χ2v) is 15.2. The number of hydrogen-bond acceptors (Lipinski definition) is 2. The Balaban J connectivity index is 1.56. The largest absolute Gasteiger partial charge is 0.256 e. The van der Waals surface area contributed by atoms with Crippen LogP contribution in [-0.4, -0.2) is 22.3 Å². The summed E-state index contributed by atoms with van der Waals surface area (Å²) in [6, 6.07) is 12.5. The Morgan fingerprint density at radius 2 is 1.14 bits per heavy atom. The first-order valence-electron chi connectivity index (χ1n) is 7.46. The van der Waals surface area contributed by atoms with Gasteiger partial charge in [-0.3, -0.25) is 9.97 Å². The maximum atomic E-state index is 4.47. The van der Waals surface area contributed by atoms with Crippen molar-refractivity contribution in [3.63, 3.8) is 0 Å². The molecular formula is C16H20I2N2P2. The molecule has 0 aliphatic carbocycles. The summed E-state index contributed by atoms with van der Waals surface area (Å²) < 4.78 is 0. The molecule has 6 heteroatoms. The summed E-state index contributed by atoms with van der Waals surface area (Å²) in [5, 5.41) is 0. The van der Waals surface area contributed by atoms with Gasteiger partial charge < -0.3 is 0 Å². The monoisotopic (exact) mass is 556 g/mol. The maximum Gasteiger partial charge on any atom is 0.0732 e. The summed E-state index contributed by atoms with van der Waals surface area (Å²) in [5.41, 5.74) is 2.38. The fourth-order valence-electron chi connectivity index (χ4n) is 2.08. The molecule has 0 saturated heterocycles. The number of aromatic nitrogens is 2. The third-order valence-corrected chi connectivity index (χ3v) is 12.1. The van der Waals surface area contributed by atoms with E-state index in [1.54, 1.807) is 0 Å². The minimum atomic E-state index is -0.0937. The van der Waals surface area contributed by atoms with E-state index >= 15 is 0 Å². The highest BCUT2D eigenvalue weighted by Gasteiger charge is 2.09. The van der Waals surface area contributed by atoms with Crippen molar-refractivity contribution in [1.29, 1.82) is 0 Å². The second kappa shape index (κ2) is 11.2. The standard InChI is InChI=1S/C16H20I2N2P2/c17-21(15-9-3-5-11-19-15)13-7-1-2-8-14-22(18)16-10-4-6-12-20-16/h3-6,9-12H,1-2,7-8,13-14H2. The van der Waals surface area contributed by atoms with Gasteiger partial charge in [0, 0.05) is 23.5 Å². The molecule has 2 aromatic heterocycles. The molecule has 2 rings (SSSR count). The van der Waals surface area contributed by atoms with Crippen molar-refractivity contribution < 1.29 is 0 Å². The molecule has 2 aromatic rings. The van der Waals surface area contributed by atoms with Gasteiger partial charge in [-0.1, -0.05) is 25.0 Å². The molecule has 0 radical (unpaired) electrons. The van der Waals surface area contributed by atoms with Crippen molar-refractivity contribution >= 4 is 66.1 Å². The van der Waals surface area contributed by atoms with Crippen molar-refractivity contribution in [3.8, 4) is 0 Å². The van der Waals surface area contributed by atoms with E-state index in [1.165, 1.54) is 48.9 Å². The molecule has 2 atom stereocenters. The zero-order valence-electron chi connectivity index (χ0n) is 12.4. The van der Waals surface area contributed by atoms with Crippen molar-refractivity contribution in [3.05, 3.63) is 48.8 Å². The van der Waals surface area contributed by atoms with Gasteiger partial charge >= 0.3 is 0 Å². The zero-order chi connectivity index (χ0) is 15.6. The van der Waals surface area contributed by atoms with Crippen LogP contribution in [-0.2, 0) is 0 Å². The van der Waals surface area contributed by atoms with Gasteiger partial charge in [0.15, 0.2) is 0 Å². The lowest BCUT2D eigenvalue weighted by Crippen LogP contribution is -2.04. The number of unbranched alkanes of at least 4 members (excludes halogenated alkanes) is 3. The molecule has 0 spiro atoms. The van der Waals surface area contributed by atoms with Gasteiger partial charge in [-0.05, 0) is 93.5 Å². The zero-order valence-corrected chi connectivity index (χ0v) is 18.5. The minimum Gasteiger partial charge on any atom is -0.256 e. The fraction of sp³-hybridized carbons (Fsp3) is 0.375. The summed E-state index contributed by atoms with van der Waals surface area (Å²) in [4.78, 5) is 8.93. The molecule has 0 aliphatic heterocycles. The van der Waals surface area contributed by atoms with E-state index in [9.17, 15) is 0 Å². The molecule has 2 unspecified atom stereocenters. The minimum absolute atomic E-state index is 0.0937. The lowest BCUT2D eigenvalue weighted by atomic mass is 10.2. The van der Waals surface area contributed by atoms with Crippen molar-refractivity contribution in [2.24, 2.45) is 0 Å². The number of halogens is 2. The third kappa shape index (κ3) is 7.02. The Bertz CT molecular complexity index is 479. The van der Waals surface area contributed by atoms with Crippen LogP contribution in [0.1, 0.15) is 25.7 Å². The van der Waals surface area contributed by atoms with E-state index in [2.05, 4.69) is 78.3 Å². The molecule has 0 N–H and O–H groups in total. The lowest BCUT2D eigenvalue weighted by Gasteiger charge is -2.10. The molecule has 22 heavy (non-hydrogen) atoms. The Hall–Kier alpha value is 0.620. The average Bonchev–Trinajstić information content (AvgIpc) is 2.59. The number of rotatable bonds is 9. The Kier molecular flexibility index (Phi) is 9.67. The van der Waals surface area contributed by atoms with Crippen molar-refractivity contribution in [2.75, 3.05) is 12.3 Å². The van der Waals surface area contributed by atoms with Crippen LogP contribution in [0, 0.1) is 0 Å². The van der Waals surface area contributed by atoms with Crippen LogP contribution in [0.5, 0.6) is 0 Å². The van der Waals surface area contributed by atoms with Crippen LogP contribution >= 0.6 is 55.2 Å². The second-order valence-electron chi connectivity index (χ2n) is 4.96. The first kappa shape index (κ1) is 19.0. The normalized spacial score (nSPS) is 13.7. The van der Waals surface area contributed by atoms with Gasteiger partial charge in [-0.2, -0.15) is 0 Å². The van der Waals surface area contributed by atoms with E-state index in [0.717, 1.165) is 0 Å². The maximum absolute atomic E-state index is 4.47. The summed E-state index contributed by atoms with van der Waals surface area (Å²) in [5.74, 6) is 0. The number of pyridine rings is 2. The highest BCUT2D eigenvalue weighted by Crippen LogP contribution is 2.45. The topological polar surface area (TPSA) is 25.8 Å². The molecule has 0 fully saturated rings. The Morgan fingerprint density at radius 1 is 0.682 bits per heavy atom. The lowest BCUT2D eigenvalue weighted by molar-refractivity contribution is 0.710. The molecule has 0 aliphatic rings. The van der Waals surface area contributed by atoms with E-state index in [0.29, 0.717) is 0 Å². The molecule has 0 saturated carbocycles. The molecular weight excluding hydrogens is 536 g/mol. The van der Waals surface area contributed by atoms with Crippen molar-refractivity contribution in [2.45, 2.75) is 25.7 Å². The van der Waals surface area contributed by atoms with Crippen LogP contribution in [0.25, 0.3) is 0 Å². The van der Waals surface area contributed by atoms with Gasteiger partial charge in [0.25, 0.3) is 0 Å². The summed E-state index contributed by atoms with van der Waals surface area (Å²) in [6.07, 6.45) is 11.8. The summed E-state index contributed by atoms with van der Waals surface area (Å²) in [7, 11) is 0. The quantitative estimate of drug-likeness (QED) is 0.227. The molecule has 0 aromatic carbocycles. The molecule has 0 bridgehead atoms. The van der Waals surface area contributed by atoms with E-state index in [1.807, 2.05) is 24.5 Å². The smallest absolute Gasteiger partial charge is 0.0732 e. The Labute approximate surface area is 161 Å². The highest BCUT2D eigenvalue weighted by molar-refractivity contribution is 14.2. The van der Waals surface area contributed by atoms with Crippen LogP contribution in [0.15, 0.2) is 48.8 Å². The SMILES string of the molecule is IP(CCCCCCP(I)c1ccccn1)c1ccccn1. The van der Waals surface area contributed by atoms with Crippen molar-refractivity contribution in [1.82, 2.24) is 9.97 Å².